The third kappa shape index (κ3) is 6.27. The molecule has 0 aliphatic heterocycles. The fraction of sp³-hybridized carbons (Fsp3) is 0.900. The summed E-state index contributed by atoms with van der Waals surface area (Å²) in [5, 5.41) is 0. The number of esters is 1. The highest BCUT2D eigenvalue weighted by Crippen LogP contribution is 2.14. The second-order valence-electron chi connectivity index (χ2n) is 3.25. The highest BCUT2D eigenvalue weighted by Gasteiger charge is 2.16. The lowest BCUT2D eigenvalue weighted by Gasteiger charge is -2.12. The maximum Gasteiger partial charge on any atom is 0.308 e. The van der Waals surface area contributed by atoms with Gasteiger partial charge in [0.05, 0.1) is 11.7 Å². The summed E-state index contributed by atoms with van der Waals surface area (Å²) in [5.41, 5.74) is 0. The van der Waals surface area contributed by atoms with Gasteiger partial charge in [0.25, 0.3) is 0 Å². The molecule has 0 aromatic carbocycles. The first-order valence-corrected chi connectivity index (χ1v) is 6.13. The van der Waals surface area contributed by atoms with Crippen LogP contribution in [0.3, 0.4) is 0 Å². The van der Waals surface area contributed by atoms with Gasteiger partial charge in [-0.1, -0.05) is 26.7 Å². The molecule has 0 aliphatic rings. The first kappa shape index (κ1) is 13.8. The van der Waals surface area contributed by atoms with Crippen LogP contribution in [-0.4, -0.2) is 22.9 Å². The molecule has 1 atom stereocenters. The maximum absolute atomic E-state index is 11.4. The molecule has 3 nitrogen and oxygen atoms in total. The van der Waals surface area contributed by atoms with E-state index in [9.17, 15) is 4.79 Å². The topological polar surface area (TPSA) is 46.5 Å². The van der Waals surface area contributed by atoms with E-state index in [4.69, 9.17) is 9.29 Å². The molecule has 4 heteroatoms. The van der Waals surface area contributed by atoms with E-state index in [1.54, 1.807) is 0 Å². The van der Waals surface area contributed by atoms with Crippen LogP contribution in [0.1, 0.15) is 39.5 Å². The van der Waals surface area contributed by atoms with Gasteiger partial charge in [-0.05, 0) is 24.9 Å². The summed E-state index contributed by atoms with van der Waals surface area (Å²) in [5.74, 6) is 0.379. The van der Waals surface area contributed by atoms with Gasteiger partial charge >= 0.3 is 5.97 Å². The van der Waals surface area contributed by atoms with Crippen LogP contribution in [0.25, 0.3) is 0 Å². The first-order valence-electron chi connectivity index (χ1n) is 5.19. The molecule has 0 heterocycles. The van der Waals surface area contributed by atoms with Crippen molar-refractivity contribution in [2.75, 3.05) is 12.4 Å². The molecule has 14 heavy (non-hydrogen) atoms. The molecule has 1 N–H and O–H groups in total. The van der Waals surface area contributed by atoms with Gasteiger partial charge in [-0.3, -0.25) is 4.79 Å². The Morgan fingerprint density at radius 2 is 2.21 bits per heavy atom. The van der Waals surface area contributed by atoms with Crippen LogP contribution in [0, 0.1) is 5.92 Å². The fourth-order valence-corrected chi connectivity index (χ4v) is 1.39. The third-order valence-electron chi connectivity index (χ3n) is 2.15. The molecule has 0 aromatic heterocycles. The van der Waals surface area contributed by atoms with Crippen molar-refractivity contribution in [2.24, 2.45) is 5.92 Å². The zero-order valence-electron chi connectivity index (χ0n) is 8.99. The van der Waals surface area contributed by atoms with Gasteiger partial charge in [0.15, 0.2) is 0 Å². The van der Waals surface area contributed by atoms with Crippen molar-refractivity contribution in [3.8, 4) is 0 Å². The van der Waals surface area contributed by atoms with Gasteiger partial charge in [0.2, 0.25) is 0 Å². The highest BCUT2D eigenvalue weighted by atomic mass is 32.2. The predicted octanol–water partition coefficient (Wildman–Crippen LogP) is 2.95. The molecule has 0 aromatic rings. The van der Waals surface area contributed by atoms with E-state index in [-0.39, 0.29) is 11.9 Å². The molecular formula is C10H20O3S. The SMILES string of the molecule is CCCCC(CC)C(=O)OCCSO. The van der Waals surface area contributed by atoms with Crippen molar-refractivity contribution in [1.82, 2.24) is 0 Å². The van der Waals surface area contributed by atoms with E-state index >= 15 is 0 Å². The number of unbranched alkanes of at least 4 members (excludes halogenated alkanes) is 1. The third-order valence-corrected chi connectivity index (χ3v) is 2.50. The lowest BCUT2D eigenvalue weighted by atomic mass is 10.00. The van der Waals surface area contributed by atoms with Gasteiger partial charge in [0, 0.05) is 0 Å². The predicted molar refractivity (Wildman–Crippen MR) is 59.4 cm³/mol. The van der Waals surface area contributed by atoms with E-state index in [1.807, 2.05) is 6.92 Å². The number of ether oxygens (including phenoxy) is 1. The second-order valence-corrected chi connectivity index (χ2v) is 3.91. The number of hydrogen-bond donors (Lipinski definition) is 1. The highest BCUT2D eigenvalue weighted by molar-refractivity contribution is 7.93. The summed E-state index contributed by atoms with van der Waals surface area (Å²) in [6, 6.07) is 0. The van der Waals surface area contributed by atoms with Crippen LogP contribution in [0.4, 0.5) is 0 Å². The molecule has 0 amide bonds. The molecule has 0 saturated heterocycles. The summed E-state index contributed by atoms with van der Waals surface area (Å²) < 4.78 is 13.5. The molecular weight excluding hydrogens is 200 g/mol. The van der Waals surface area contributed by atoms with Crippen LogP contribution < -0.4 is 0 Å². The Balaban J connectivity index is 3.67. The average Bonchev–Trinajstić information content (AvgIpc) is 2.19. The Hall–Kier alpha value is -0.220. The van der Waals surface area contributed by atoms with Gasteiger partial charge < -0.3 is 9.29 Å². The molecule has 0 radical (unpaired) electrons. The van der Waals surface area contributed by atoms with E-state index in [0.29, 0.717) is 24.4 Å². The van der Waals surface area contributed by atoms with E-state index in [1.165, 1.54) is 0 Å². The van der Waals surface area contributed by atoms with Crippen molar-refractivity contribution >= 4 is 18.0 Å². The van der Waals surface area contributed by atoms with Gasteiger partial charge in [0.1, 0.15) is 6.61 Å². The van der Waals surface area contributed by atoms with Gasteiger partial charge in [-0.25, -0.2) is 0 Å². The molecule has 0 fully saturated rings. The Morgan fingerprint density at radius 3 is 2.71 bits per heavy atom. The largest absolute Gasteiger partial charge is 0.465 e. The molecule has 0 bridgehead atoms. The number of carbonyl (C=O) groups is 1. The number of carbonyl (C=O) groups excluding carboxylic acids is 1. The van der Waals surface area contributed by atoms with Crippen molar-refractivity contribution in [2.45, 2.75) is 39.5 Å². The smallest absolute Gasteiger partial charge is 0.308 e. The van der Waals surface area contributed by atoms with Crippen LogP contribution >= 0.6 is 12.0 Å². The monoisotopic (exact) mass is 220 g/mol. The van der Waals surface area contributed by atoms with Crippen molar-refractivity contribution in [3.63, 3.8) is 0 Å². The normalized spacial score (nSPS) is 12.5. The van der Waals surface area contributed by atoms with Crippen LogP contribution in [-0.2, 0) is 9.53 Å². The van der Waals surface area contributed by atoms with Gasteiger partial charge in [-0.15, -0.1) is 0 Å². The number of rotatable bonds is 8. The minimum absolute atomic E-state index is 0.0404. The van der Waals surface area contributed by atoms with Crippen LogP contribution in [0.15, 0.2) is 0 Å². The molecule has 0 aliphatic carbocycles. The van der Waals surface area contributed by atoms with Crippen molar-refractivity contribution in [1.29, 1.82) is 0 Å². The van der Waals surface area contributed by atoms with E-state index < -0.39 is 0 Å². The first-order chi connectivity index (χ1) is 6.76. The molecule has 1 unspecified atom stereocenters. The van der Waals surface area contributed by atoms with Crippen molar-refractivity contribution in [3.05, 3.63) is 0 Å². The average molecular weight is 220 g/mol. The Kier molecular flexibility index (Phi) is 9.19. The molecule has 0 rings (SSSR count). The zero-order valence-corrected chi connectivity index (χ0v) is 9.81. The lowest BCUT2D eigenvalue weighted by molar-refractivity contribution is -0.148. The minimum Gasteiger partial charge on any atom is -0.465 e. The fourth-order valence-electron chi connectivity index (χ4n) is 1.24. The summed E-state index contributed by atoms with van der Waals surface area (Å²) in [6.45, 7) is 4.42. The zero-order chi connectivity index (χ0) is 10.8. The number of hydrogen-bond acceptors (Lipinski definition) is 4. The quantitative estimate of drug-likeness (QED) is 0.388. The van der Waals surface area contributed by atoms with Gasteiger partial charge in [-0.2, -0.15) is 0 Å². The molecule has 0 saturated carbocycles. The summed E-state index contributed by atoms with van der Waals surface area (Å²) in [4.78, 5) is 11.4. The second kappa shape index (κ2) is 9.34. The minimum atomic E-state index is -0.116. The standard InChI is InChI=1S/C10H20O3S/c1-3-5-6-9(4-2)10(11)13-7-8-14-12/h9,12H,3-8H2,1-2H3. The lowest BCUT2D eigenvalue weighted by Crippen LogP contribution is -2.18. The van der Waals surface area contributed by atoms with Crippen LogP contribution in [0.2, 0.25) is 0 Å². The summed E-state index contributed by atoms with van der Waals surface area (Å²) >= 11 is 0.704. The van der Waals surface area contributed by atoms with Crippen LogP contribution in [0.5, 0.6) is 0 Å². The summed E-state index contributed by atoms with van der Waals surface area (Å²) in [6.07, 6.45) is 3.93. The van der Waals surface area contributed by atoms with E-state index in [0.717, 1.165) is 25.7 Å². The van der Waals surface area contributed by atoms with Crippen molar-refractivity contribution < 1.29 is 14.1 Å². The van der Waals surface area contributed by atoms with E-state index in [2.05, 4.69) is 6.92 Å². The molecule has 0 spiro atoms. The maximum atomic E-state index is 11.4. The summed E-state index contributed by atoms with van der Waals surface area (Å²) in [7, 11) is 0. The Bertz CT molecular complexity index is 150. The molecule has 84 valence electrons. The Labute approximate surface area is 90.4 Å². The Morgan fingerprint density at radius 1 is 1.50 bits per heavy atom.